The van der Waals surface area contributed by atoms with E-state index in [0.29, 0.717) is 11.0 Å². The second-order valence-electron chi connectivity index (χ2n) is 3.51. The van der Waals surface area contributed by atoms with Gasteiger partial charge in [0.15, 0.2) is 0 Å². The van der Waals surface area contributed by atoms with Gasteiger partial charge >= 0.3 is 0 Å². The van der Waals surface area contributed by atoms with Crippen molar-refractivity contribution >= 4 is 21.6 Å². The molecule has 0 unspecified atom stereocenters. The smallest absolute Gasteiger partial charge is 0.283 e. The molecule has 1 aromatic rings. The number of benzene rings is 1. The van der Waals surface area contributed by atoms with Gasteiger partial charge in [0, 0.05) is 18.7 Å². The molecule has 0 heterocycles. The van der Waals surface area contributed by atoms with Crippen LogP contribution in [0.1, 0.15) is 12.5 Å². The molecule has 1 atom stereocenters. The zero-order valence-electron chi connectivity index (χ0n) is 8.81. The molecular weight excluding hydrogens is 276 g/mol. The van der Waals surface area contributed by atoms with E-state index in [9.17, 15) is 10.1 Å². The van der Waals surface area contributed by atoms with Crippen LogP contribution in [0.2, 0.25) is 0 Å². The number of nitrogens with one attached hydrogen (secondary N) is 1. The molecule has 1 rings (SSSR count). The summed E-state index contributed by atoms with van der Waals surface area (Å²) in [5.41, 5.74) is 0.867. The minimum atomic E-state index is -0.428. The number of halogens is 1. The normalized spacial score (nSPS) is 12.4. The summed E-state index contributed by atoms with van der Waals surface area (Å²) in [5, 5.41) is 22.6. The van der Waals surface area contributed by atoms with Crippen LogP contribution in [-0.4, -0.2) is 22.7 Å². The van der Waals surface area contributed by atoms with Crippen LogP contribution in [0.15, 0.2) is 22.7 Å². The van der Waals surface area contributed by atoms with Crippen LogP contribution in [0.5, 0.6) is 0 Å². The van der Waals surface area contributed by atoms with Gasteiger partial charge in [0.25, 0.3) is 5.69 Å². The maximum absolute atomic E-state index is 10.7. The first-order chi connectivity index (χ1) is 7.54. The predicted molar refractivity (Wildman–Crippen MR) is 64.2 cm³/mol. The van der Waals surface area contributed by atoms with Crippen molar-refractivity contribution in [1.82, 2.24) is 5.32 Å². The van der Waals surface area contributed by atoms with E-state index >= 15 is 0 Å². The lowest BCUT2D eigenvalue weighted by Gasteiger charge is -2.10. The van der Waals surface area contributed by atoms with Gasteiger partial charge in [-0.25, -0.2) is 0 Å². The maximum atomic E-state index is 10.7. The second kappa shape index (κ2) is 5.93. The van der Waals surface area contributed by atoms with Gasteiger partial charge in [0.2, 0.25) is 0 Å². The molecule has 6 heteroatoms. The summed E-state index contributed by atoms with van der Waals surface area (Å²) >= 11 is 3.12. The summed E-state index contributed by atoms with van der Waals surface area (Å²) in [6.45, 7) is 2.38. The third kappa shape index (κ3) is 3.55. The topological polar surface area (TPSA) is 75.4 Å². The molecular formula is C10H13BrN2O3. The van der Waals surface area contributed by atoms with Crippen LogP contribution in [-0.2, 0) is 6.54 Å². The number of aliphatic hydroxyl groups is 1. The molecule has 88 valence electrons. The Balaban J connectivity index is 2.75. The number of hydrogen-bond donors (Lipinski definition) is 2. The van der Waals surface area contributed by atoms with E-state index in [2.05, 4.69) is 21.2 Å². The summed E-state index contributed by atoms with van der Waals surface area (Å²) in [5.74, 6) is 0. The maximum Gasteiger partial charge on any atom is 0.283 e. The molecule has 0 saturated heterocycles. The number of nitro benzene ring substituents is 1. The Bertz CT molecular complexity index is 384. The summed E-state index contributed by atoms with van der Waals surface area (Å²) in [4.78, 5) is 10.3. The minimum absolute atomic E-state index is 0.0253. The fourth-order valence-corrected chi connectivity index (χ4v) is 1.56. The highest BCUT2D eigenvalue weighted by atomic mass is 79.9. The van der Waals surface area contributed by atoms with E-state index in [-0.39, 0.29) is 18.3 Å². The van der Waals surface area contributed by atoms with Crippen LogP contribution in [0.3, 0.4) is 0 Å². The Hall–Kier alpha value is -0.980. The van der Waals surface area contributed by atoms with Crippen molar-refractivity contribution in [2.45, 2.75) is 19.5 Å². The lowest BCUT2D eigenvalue weighted by Crippen LogP contribution is -2.28. The van der Waals surface area contributed by atoms with Crippen LogP contribution in [0, 0.1) is 10.1 Å². The van der Waals surface area contributed by atoms with Crippen molar-refractivity contribution in [2.24, 2.45) is 0 Å². The van der Waals surface area contributed by atoms with E-state index in [1.165, 1.54) is 6.07 Å². The Kier molecular flexibility index (Phi) is 4.85. The fourth-order valence-electron chi connectivity index (χ4n) is 1.16. The van der Waals surface area contributed by atoms with Crippen molar-refractivity contribution in [1.29, 1.82) is 0 Å². The van der Waals surface area contributed by atoms with Gasteiger partial charge in [-0.3, -0.25) is 10.1 Å². The summed E-state index contributed by atoms with van der Waals surface area (Å²) in [6, 6.07) is 4.94. The summed E-state index contributed by atoms with van der Waals surface area (Å²) < 4.78 is 0.469. The van der Waals surface area contributed by atoms with Crippen LogP contribution < -0.4 is 5.32 Å². The first kappa shape index (κ1) is 13.1. The minimum Gasteiger partial charge on any atom is -0.395 e. The third-order valence-corrected chi connectivity index (χ3v) is 2.81. The van der Waals surface area contributed by atoms with E-state index < -0.39 is 4.92 Å². The Morgan fingerprint density at radius 3 is 2.88 bits per heavy atom. The first-order valence-corrected chi connectivity index (χ1v) is 5.61. The highest BCUT2D eigenvalue weighted by Crippen LogP contribution is 2.25. The van der Waals surface area contributed by atoms with Crippen LogP contribution >= 0.6 is 15.9 Å². The van der Waals surface area contributed by atoms with Gasteiger partial charge in [-0.1, -0.05) is 6.07 Å². The van der Waals surface area contributed by atoms with Crippen molar-refractivity contribution in [3.63, 3.8) is 0 Å². The number of rotatable bonds is 5. The Labute approximate surface area is 102 Å². The number of nitro groups is 1. The van der Waals surface area contributed by atoms with Gasteiger partial charge in [-0.05, 0) is 34.5 Å². The lowest BCUT2D eigenvalue weighted by molar-refractivity contribution is -0.385. The van der Waals surface area contributed by atoms with Crippen LogP contribution in [0.4, 0.5) is 5.69 Å². The van der Waals surface area contributed by atoms with Gasteiger partial charge in [-0.2, -0.15) is 0 Å². The van der Waals surface area contributed by atoms with E-state index in [1.54, 1.807) is 12.1 Å². The molecule has 0 amide bonds. The van der Waals surface area contributed by atoms with Crippen molar-refractivity contribution in [2.75, 3.05) is 6.61 Å². The number of hydrogen-bond acceptors (Lipinski definition) is 4. The van der Waals surface area contributed by atoms with Gasteiger partial charge in [0.1, 0.15) is 0 Å². The molecule has 0 fully saturated rings. The molecule has 5 nitrogen and oxygen atoms in total. The molecule has 0 aliphatic heterocycles. The van der Waals surface area contributed by atoms with Crippen molar-refractivity contribution in [3.8, 4) is 0 Å². The summed E-state index contributed by atoms with van der Waals surface area (Å²) in [6.07, 6.45) is 0. The standard InChI is InChI=1S/C10H13BrN2O3/c1-7(6-14)12-5-8-2-3-9(11)10(4-8)13(15)16/h2-4,7,12,14H,5-6H2,1H3/t7-/m0/s1. The monoisotopic (exact) mass is 288 g/mol. The predicted octanol–water partition coefficient (Wildman–Crippen LogP) is 1.83. The average molecular weight is 289 g/mol. The molecule has 0 radical (unpaired) electrons. The van der Waals surface area contributed by atoms with E-state index in [0.717, 1.165) is 5.56 Å². The molecule has 0 aliphatic carbocycles. The first-order valence-electron chi connectivity index (χ1n) is 4.81. The zero-order chi connectivity index (χ0) is 12.1. The van der Waals surface area contributed by atoms with E-state index in [1.807, 2.05) is 6.92 Å². The van der Waals surface area contributed by atoms with E-state index in [4.69, 9.17) is 5.11 Å². The molecule has 2 N–H and O–H groups in total. The Morgan fingerprint density at radius 1 is 1.62 bits per heavy atom. The Morgan fingerprint density at radius 2 is 2.31 bits per heavy atom. The van der Waals surface area contributed by atoms with Gasteiger partial charge in [0.05, 0.1) is 16.0 Å². The molecule has 16 heavy (non-hydrogen) atoms. The lowest BCUT2D eigenvalue weighted by atomic mass is 10.2. The van der Waals surface area contributed by atoms with Gasteiger partial charge in [-0.15, -0.1) is 0 Å². The average Bonchev–Trinajstić information content (AvgIpc) is 2.27. The quantitative estimate of drug-likeness (QED) is 0.640. The SMILES string of the molecule is C[C@@H](CO)NCc1ccc(Br)c([N+](=O)[O-])c1. The van der Waals surface area contributed by atoms with Gasteiger partial charge < -0.3 is 10.4 Å². The largest absolute Gasteiger partial charge is 0.395 e. The fraction of sp³-hybridized carbons (Fsp3) is 0.400. The molecule has 0 spiro atoms. The molecule has 0 saturated carbocycles. The molecule has 0 aromatic heterocycles. The van der Waals surface area contributed by atoms with Crippen molar-refractivity contribution in [3.05, 3.63) is 38.3 Å². The highest BCUT2D eigenvalue weighted by molar-refractivity contribution is 9.10. The highest BCUT2D eigenvalue weighted by Gasteiger charge is 2.12. The molecule has 0 bridgehead atoms. The molecule has 1 aromatic carbocycles. The second-order valence-corrected chi connectivity index (χ2v) is 4.36. The summed E-state index contributed by atoms with van der Waals surface area (Å²) in [7, 11) is 0. The molecule has 0 aliphatic rings. The number of nitrogens with zero attached hydrogens (tertiary/aromatic N) is 1. The van der Waals surface area contributed by atoms with Crippen LogP contribution in [0.25, 0.3) is 0 Å². The third-order valence-electron chi connectivity index (χ3n) is 2.14. The number of aliphatic hydroxyl groups excluding tert-OH is 1. The van der Waals surface area contributed by atoms with Crippen molar-refractivity contribution < 1.29 is 10.0 Å². The zero-order valence-corrected chi connectivity index (χ0v) is 10.4.